The number of benzene rings is 2. The molecule has 33 heavy (non-hydrogen) atoms. The van der Waals surface area contributed by atoms with Crippen molar-refractivity contribution in [2.75, 3.05) is 23.3 Å². The minimum Gasteiger partial charge on any atom is -0.505 e. The predicted molar refractivity (Wildman–Crippen MR) is 136 cm³/mol. The Morgan fingerprint density at radius 1 is 0.939 bits per heavy atom. The number of fused-ring (bicyclic) bond motifs is 1. The molecule has 0 aliphatic carbocycles. The molecule has 2 aromatic heterocycles. The molecule has 3 heterocycles. The highest BCUT2D eigenvalue weighted by Gasteiger charge is 2.17. The molecule has 0 bridgehead atoms. The standard InChI is InChI=1S/C25H23Cl2N5O/c26-20-12-16(13-21(27)25(20)33)15-1-3-22-19(11-15)23(5-8-29-22)31-18-2-4-24(30-14-18)32-9-6-17(28)7-10-32/h1-5,8,11-14,17,33H,6-7,9-10,28H2,(H,29,31). The summed E-state index contributed by atoms with van der Waals surface area (Å²) in [6, 6.07) is 15.6. The van der Waals surface area contributed by atoms with Gasteiger partial charge in [-0.25, -0.2) is 4.98 Å². The fourth-order valence-corrected chi connectivity index (χ4v) is 4.59. The first-order chi connectivity index (χ1) is 16.0. The molecule has 0 amide bonds. The molecular formula is C25H23Cl2N5O. The highest BCUT2D eigenvalue weighted by molar-refractivity contribution is 6.37. The van der Waals surface area contributed by atoms with Crippen LogP contribution in [0.1, 0.15) is 12.8 Å². The quantitative estimate of drug-likeness (QED) is 0.333. The molecule has 0 unspecified atom stereocenters. The molecule has 1 saturated heterocycles. The number of nitrogens with one attached hydrogen (secondary N) is 1. The minimum absolute atomic E-state index is 0.116. The van der Waals surface area contributed by atoms with E-state index in [-0.39, 0.29) is 15.8 Å². The first-order valence-electron chi connectivity index (χ1n) is 10.8. The molecule has 1 aliphatic heterocycles. The summed E-state index contributed by atoms with van der Waals surface area (Å²) < 4.78 is 0. The molecule has 0 spiro atoms. The van der Waals surface area contributed by atoms with E-state index in [9.17, 15) is 5.11 Å². The Morgan fingerprint density at radius 2 is 1.70 bits per heavy atom. The van der Waals surface area contributed by atoms with E-state index in [1.807, 2.05) is 42.6 Å². The number of phenols is 1. The Kier molecular flexibility index (Phi) is 5.98. The van der Waals surface area contributed by atoms with E-state index in [0.29, 0.717) is 6.04 Å². The molecule has 0 radical (unpaired) electrons. The number of hydrogen-bond donors (Lipinski definition) is 3. The van der Waals surface area contributed by atoms with Gasteiger partial charge in [0.05, 0.1) is 27.4 Å². The van der Waals surface area contributed by atoms with Crippen LogP contribution in [0.2, 0.25) is 10.0 Å². The predicted octanol–water partition coefficient (Wildman–Crippen LogP) is 5.98. The van der Waals surface area contributed by atoms with Crippen LogP contribution in [0.15, 0.2) is 60.9 Å². The summed E-state index contributed by atoms with van der Waals surface area (Å²) in [6.07, 6.45) is 5.60. The number of nitrogens with two attached hydrogens (primary N) is 1. The van der Waals surface area contributed by atoms with Crippen molar-refractivity contribution in [3.8, 4) is 16.9 Å². The average Bonchev–Trinajstić information content (AvgIpc) is 2.83. The lowest BCUT2D eigenvalue weighted by atomic mass is 10.0. The number of aromatic hydroxyl groups is 1. The molecule has 0 atom stereocenters. The van der Waals surface area contributed by atoms with E-state index in [0.717, 1.165) is 65.2 Å². The van der Waals surface area contributed by atoms with Crippen molar-refractivity contribution in [1.82, 2.24) is 9.97 Å². The van der Waals surface area contributed by atoms with Crippen LogP contribution in [0.5, 0.6) is 5.75 Å². The van der Waals surface area contributed by atoms with E-state index in [2.05, 4.69) is 20.2 Å². The molecule has 4 N–H and O–H groups in total. The summed E-state index contributed by atoms with van der Waals surface area (Å²) >= 11 is 12.3. The Balaban J connectivity index is 1.43. The monoisotopic (exact) mass is 479 g/mol. The van der Waals surface area contributed by atoms with Gasteiger partial charge in [-0.1, -0.05) is 29.3 Å². The van der Waals surface area contributed by atoms with Crippen molar-refractivity contribution >= 4 is 51.3 Å². The molecule has 5 rings (SSSR count). The van der Waals surface area contributed by atoms with Crippen LogP contribution in [0, 0.1) is 0 Å². The minimum atomic E-state index is -0.116. The van der Waals surface area contributed by atoms with E-state index in [4.69, 9.17) is 28.9 Å². The van der Waals surface area contributed by atoms with Gasteiger partial charge in [-0.15, -0.1) is 0 Å². The van der Waals surface area contributed by atoms with Crippen molar-refractivity contribution < 1.29 is 5.11 Å². The van der Waals surface area contributed by atoms with Crippen LogP contribution < -0.4 is 16.0 Å². The Morgan fingerprint density at radius 3 is 2.39 bits per heavy atom. The third-order valence-electron chi connectivity index (χ3n) is 5.98. The van der Waals surface area contributed by atoms with Crippen LogP contribution in [0.4, 0.5) is 17.2 Å². The molecule has 168 valence electrons. The molecule has 4 aromatic rings. The molecule has 6 nitrogen and oxygen atoms in total. The van der Waals surface area contributed by atoms with Crippen LogP contribution in [0.25, 0.3) is 22.0 Å². The summed E-state index contributed by atoms with van der Waals surface area (Å²) in [6.45, 7) is 1.87. The lowest BCUT2D eigenvalue weighted by molar-refractivity contribution is 0.476. The second-order valence-electron chi connectivity index (χ2n) is 8.23. The fraction of sp³-hybridized carbons (Fsp3) is 0.200. The number of phenolic OH excluding ortho intramolecular Hbond substituents is 1. The Bertz CT molecular complexity index is 1280. The lowest BCUT2D eigenvalue weighted by Crippen LogP contribution is -2.40. The Labute approximate surface area is 202 Å². The number of pyridine rings is 2. The number of piperidine rings is 1. The van der Waals surface area contributed by atoms with Gasteiger partial charge in [-0.2, -0.15) is 0 Å². The average molecular weight is 480 g/mol. The molecule has 0 saturated carbocycles. The van der Waals surface area contributed by atoms with E-state index in [1.54, 1.807) is 18.3 Å². The van der Waals surface area contributed by atoms with Crippen LogP contribution >= 0.6 is 23.2 Å². The van der Waals surface area contributed by atoms with Gasteiger partial charge in [0.25, 0.3) is 0 Å². The summed E-state index contributed by atoms with van der Waals surface area (Å²) in [5, 5.41) is 14.7. The van der Waals surface area contributed by atoms with Crippen LogP contribution in [-0.2, 0) is 0 Å². The molecule has 1 fully saturated rings. The Hall–Kier alpha value is -3.06. The SMILES string of the molecule is NC1CCN(c2ccc(Nc3ccnc4ccc(-c5cc(Cl)c(O)c(Cl)c5)cc34)cn2)CC1. The maximum Gasteiger partial charge on any atom is 0.152 e. The summed E-state index contributed by atoms with van der Waals surface area (Å²) in [7, 11) is 0. The zero-order valence-corrected chi connectivity index (χ0v) is 19.3. The van der Waals surface area contributed by atoms with Gasteiger partial charge >= 0.3 is 0 Å². The number of anilines is 3. The topological polar surface area (TPSA) is 87.3 Å². The number of rotatable bonds is 4. The van der Waals surface area contributed by atoms with E-state index < -0.39 is 0 Å². The van der Waals surface area contributed by atoms with E-state index >= 15 is 0 Å². The largest absolute Gasteiger partial charge is 0.505 e. The number of halogens is 2. The summed E-state index contributed by atoms with van der Waals surface area (Å²) in [5.41, 5.74) is 10.4. The zero-order chi connectivity index (χ0) is 22.9. The highest BCUT2D eigenvalue weighted by atomic mass is 35.5. The maximum atomic E-state index is 9.87. The fourth-order valence-electron chi connectivity index (χ4n) is 4.10. The summed E-state index contributed by atoms with van der Waals surface area (Å²) in [4.78, 5) is 11.4. The first-order valence-corrected chi connectivity index (χ1v) is 11.5. The third-order valence-corrected chi connectivity index (χ3v) is 6.56. The first kappa shape index (κ1) is 21.8. The van der Waals surface area contributed by atoms with Crippen LogP contribution in [0.3, 0.4) is 0 Å². The second-order valence-corrected chi connectivity index (χ2v) is 9.05. The van der Waals surface area contributed by atoms with Gasteiger partial charge in [0.1, 0.15) is 5.82 Å². The lowest BCUT2D eigenvalue weighted by Gasteiger charge is -2.31. The highest BCUT2D eigenvalue weighted by Crippen LogP contribution is 2.38. The van der Waals surface area contributed by atoms with Crippen molar-refractivity contribution in [2.24, 2.45) is 5.73 Å². The molecule has 2 aromatic carbocycles. The van der Waals surface area contributed by atoms with Crippen LogP contribution in [-0.4, -0.2) is 34.2 Å². The van der Waals surface area contributed by atoms with Crippen molar-refractivity contribution in [2.45, 2.75) is 18.9 Å². The van der Waals surface area contributed by atoms with Crippen molar-refractivity contribution in [1.29, 1.82) is 0 Å². The van der Waals surface area contributed by atoms with Gasteiger partial charge in [0.2, 0.25) is 0 Å². The van der Waals surface area contributed by atoms with Crippen molar-refractivity contribution in [3.63, 3.8) is 0 Å². The van der Waals surface area contributed by atoms with Gasteiger partial charge < -0.3 is 21.1 Å². The normalized spacial score (nSPS) is 14.6. The zero-order valence-electron chi connectivity index (χ0n) is 17.8. The van der Waals surface area contributed by atoms with Gasteiger partial charge in [-0.3, -0.25) is 4.98 Å². The number of aromatic nitrogens is 2. The molecular weight excluding hydrogens is 457 g/mol. The van der Waals surface area contributed by atoms with Gasteiger partial charge in [0.15, 0.2) is 5.75 Å². The van der Waals surface area contributed by atoms with Gasteiger partial charge in [-0.05, 0) is 66.4 Å². The number of nitrogens with zero attached hydrogens (tertiary/aromatic N) is 3. The second kappa shape index (κ2) is 9.06. The maximum absolute atomic E-state index is 9.87. The molecule has 1 aliphatic rings. The third kappa shape index (κ3) is 4.55. The number of hydrogen-bond acceptors (Lipinski definition) is 6. The van der Waals surface area contributed by atoms with Crippen molar-refractivity contribution in [3.05, 3.63) is 71.0 Å². The van der Waals surface area contributed by atoms with Gasteiger partial charge in [0, 0.05) is 36.4 Å². The van der Waals surface area contributed by atoms with E-state index in [1.165, 1.54) is 0 Å². The molecule has 8 heteroatoms. The smallest absolute Gasteiger partial charge is 0.152 e. The summed E-state index contributed by atoms with van der Waals surface area (Å²) in [5.74, 6) is 0.852.